The molecule has 0 aromatic heterocycles. The first-order valence-electron chi connectivity index (χ1n) is 20.4. The van der Waals surface area contributed by atoms with Gasteiger partial charge in [0.15, 0.2) is 0 Å². The molecule has 4 N–H and O–H groups in total. The van der Waals surface area contributed by atoms with Gasteiger partial charge in [0, 0.05) is 6.04 Å². The van der Waals surface area contributed by atoms with Crippen molar-refractivity contribution in [2.45, 2.75) is 176 Å². The Labute approximate surface area is 296 Å². The van der Waals surface area contributed by atoms with Gasteiger partial charge in [-0.2, -0.15) is 8.42 Å². The molecular weight excluding hydrogens is 621 g/mol. The zero-order valence-electron chi connectivity index (χ0n) is 32.0. The van der Waals surface area contributed by atoms with E-state index in [1.807, 2.05) is 13.8 Å². The molecule has 4 saturated carbocycles. The molecule has 0 spiro atoms. The molecule has 0 radical (unpaired) electrons. The van der Waals surface area contributed by atoms with Crippen LogP contribution in [0.25, 0.3) is 0 Å². The van der Waals surface area contributed by atoms with Crippen molar-refractivity contribution in [1.82, 2.24) is 10.6 Å². The minimum Gasteiger partial charge on any atom is -0.393 e. The van der Waals surface area contributed by atoms with Crippen molar-refractivity contribution < 1.29 is 22.3 Å². The van der Waals surface area contributed by atoms with E-state index in [1.165, 1.54) is 89.9 Å². The lowest BCUT2D eigenvalue weighted by Gasteiger charge is -2.62. The first kappa shape index (κ1) is 40.5. The number of aliphatic hydroxyl groups excluding tert-OH is 1. The zero-order chi connectivity index (χ0) is 35.1. The summed E-state index contributed by atoms with van der Waals surface area (Å²) in [5, 5.41) is 19.4. The number of rotatable bonds is 20. The molecule has 4 fully saturated rings. The Bertz CT molecular complexity index is 1070. The van der Waals surface area contributed by atoms with Crippen LogP contribution in [0.3, 0.4) is 0 Å². The van der Waals surface area contributed by atoms with Crippen LogP contribution in [0.4, 0.5) is 0 Å². The van der Waals surface area contributed by atoms with Crippen LogP contribution < -0.4 is 10.6 Å². The fraction of sp³-hybridized carbons (Fsp3) is 1.00. The first-order valence-corrected chi connectivity index (χ1v) is 21.8. The maximum Gasteiger partial charge on any atom is 0.397 e. The molecule has 3 unspecified atom stereocenters. The van der Waals surface area contributed by atoms with Crippen molar-refractivity contribution in [1.29, 1.82) is 0 Å². The molecular formula is C40H76N2O5S. The minimum absolute atomic E-state index is 0.0173. The van der Waals surface area contributed by atoms with Crippen molar-refractivity contribution in [2.24, 2.45) is 58.2 Å². The Morgan fingerprint density at radius 3 is 2.15 bits per heavy atom. The van der Waals surface area contributed by atoms with Crippen LogP contribution in [0.1, 0.15) is 158 Å². The molecule has 0 aliphatic heterocycles. The number of unbranched alkanes of at least 4 members (excludes halogenated alkanes) is 4. The molecule has 282 valence electrons. The highest BCUT2D eigenvalue weighted by atomic mass is 32.3. The van der Waals surface area contributed by atoms with Gasteiger partial charge >= 0.3 is 10.4 Å². The summed E-state index contributed by atoms with van der Waals surface area (Å²) in [5.74, 6) is 4.09. The predicted octanol–water partition coefficient (Wildman–Crippen LogP) is 8.81. The maximum absolute atomic E-state index is 11.8. The zero-order valence-corrected chi connectivity index (χ0v) is 32.8. The molecule has 4 aliphatic carbocycles. The fourth-order valence-corrected chi connectivity index (χ4v) is 12.3. The molecule has 0 heterocycles. The molecule has 7 nitrogen and oxygen atoms in total. The minimum atomic E-state index is -4.45. The van der Waals surface area contributed by atoms with Crippen molar-refractivity contribution in [3.05, 3.63) is 0 Å². The third-order valence-electron chi connectivity index (χ3n) is 14.4. The third-order valence-corrected chi connectivity index (χ3v) is 14.9. The van der Waals surface area contributed by atoms with Crippen LogP contribution in [-0.4, -0.2) is 56.0 Å². The molecule has 48 heavy (non-hydrogen) atoms. The normalized spacial score (nSPS) is 36.5. The molecule has 0 bridgehead atoms. The lowest BCUT2D eigenvalue weighted by molar-refractivity contribution is -0.167. The van der Waals surface area contributed by atoms with Crippen molar-refractivity contribution in [3.63, 3.8) is 0 Å². The molecule has 4 rings (SSSR count). The highest BCUT2D eigenvalue weighted by Crippen LogP contribution is 2.68. The van der Waals surface area contributed by atoms with Crippen LogP contribution >= 0.6 is 0 Å². The first-order chi connectivity index (χ1) is 22.7. The fourth-order valence-electron chi connectivity index (χ4n) is 11.6. The van der Waals surface area contributed by atoms with Crippen LogP contribution in [0.15, 0.2) is 0 Å². The van der Waals surface area contributed by atoms with Crippen LogP contribution in [0.2, 0.25) is 0 Å². The molecule has 4 aliphatic rings. The monoisotopic (exact) mass is 697 g/mol. The van der Waals surface area contributed by atoms with E-state index in [2.05, 4.69) is 45.3 Å². The van der Waals surface area contributed by atoms with Gasteiger partial charge < -0.3 is 15.7 Å². The number of aliphatic hydroxyl groups is 1. The van der Waals surface area contributed by atoms with E-state index in [1.54, 1.807) is 0 Å². The van der Waals surface area contributed by atoms with Gasteiger partial charge in [-0.05, 0) is 155 Å². The predicted molar refractivity (Wildman–Crippen MR) is 198 cm³/mol. The lowest BCUT2D eigenvalue weighted by Crippen LogP contribution is -2.59. The summed E-state index contributed by atoms with van der Waals surface area (Å²) in [4.78, 5) is 0. The van der Waals surface area contributed by atoms with Crippen molar-refractivity contribution >= 4 is 10.4 Å². The second kappa shape index (κ2) is 18.0. The SMILES string of the molecule is CC(C)CCCCCCCNCCCN[C@H]1CC[C@]2(C)C3CC[C@@]4(C)C(CC[C@@H]4[C@H](C)CC[C@@H](OS(=O)(=O)O)C(C)C)C3[C@H](O)C[C@@H]2C1. The van der Waals surface area contributed by atoms with Gasteiger partial charge in [0.05, 0.1) is 12.2 Å². The van der Waals surface area contributed by atoms with E-state index in [0.717, 1.165) is 38.4 Å². The summed E-state index contributed by atoms with van der Waals surface area (Å²) in [6, 6.07) is 0.586. The van der Waals surface area contributed by atoms with Gasteiger partial charge in [-0.25, -0.2) is 4.18 Å². The van der Waals surface area contributed by atoms with Crippen LogP contribution in [0, 0.1) is 58.2 Å². The summed E-state index contributed by atoms with van der Waals surface area (Å²) in [6.45, 7) is 19.3. The lowest BCUT2D eigenvalue weighted by atomic mass is 9.43. The largest absolute Gasteiger partial charge is 0.397 e. The average molecular weight is 697 g/mol. The Morgan fingerprint density at radius 1 is 0.771 bits per heavy atom. The summed E-state index contributed by atoms with van der Waals surface area (Å²) in [6.07, 6.45) is 19.8. The molecule has 0 aromatic carbocycles. The van der Waals surface area contributed by atoms with Gasteiger partial charge in [-0.1, -0.05) is 80.6 Å². The Hall–Kier alpha value is -0.250. The van der Waals surface area contributed by atoms with Crippen LogP contribution in [0.5, 0.6) is 0 Å². The van der Waals surface area contributed by atoms with E-state index in [9.17, 15) is 18.1 Å². The highest BCUT2D eigenvalue weighted by Gasteiger charge is 2.62. The van der Waals surface area contributed by atoms with Gasteiger partial charge in [-0.3, -0.25) is 4.55 Å². The van der Waals surface area contributed by atoms with E-state index in [-0.39, 0.29) is 17.4 Å². The van der Waals surface area contributed by atoms with Gasteiger partial charge in [0.25, 0.3) is 0 Å². The number of nitrogens with one attached hydrogen (secondary N) is 2. The van der Waals surface area contributed by atoms with Crippen LogP contribution in [-0.2, 0) is 14.6 Å². The molecule has 11 atom stereocenters. The van der Waals surface area contributed by atoms with E-state index >= 15 is 0 Å². The van der Waals surface area contributed by atoms with Crippen molar-refractivity contribution in [3.8, 4) is 0 Å². The maximum atomic E-state index is 11.8. The topological polar surface area (TPSA) is 108 Å². The Morgan fingerprint density at radius 2 is 1.44 bits per heavy atom. The average Bonchev–Trinajstić information content (AvgIpc) is 3.36. The van der Waals surface area contributed by atoms with Crippen molar-refractivity contribution in [2.75, 3.05) is 19.6 Å². The summed E-state index contributed by atoms with van der Waals surface area (Å²) < 4.78 is 37.2. The van der Waals surface area contributed by atoms with Gasteiger partial charge in [0.1, 0.15) is 0 Å². The number of hydrogen-bond donors (Lipinski definition) is 4. The van der Waals surface area contributed by atoms with E-state index in [0.29, 0.717) is 53.4 Å². The molecule has 0 saturated heterocycles. The summed E-state index contributed by atoms with van der Waals surface area (Å²) in [5.41, 5.74) is 0.559. The quantitative estimate of drug-likeness (QED) is 0.0745. The Balaban J connectivity index is 1.21. The van der Waals surface area contributed by atoms with E-state index in [4.69, 9.17) is 4.18 Å². The molecule has 8 heteroatoms. The Kier molecular flexibility index (Phi) is 15.2. The highest BCUT2D eigenvalue weighted by molar-refractivity contribution is 7.80. The van der Waals surface area contributed by atoms with E-state index < -0.39 is 16.5 Å². The number of fused-ring (bicyclic) bond motifs is 5. The number of hydrogen-bond acceptors (Lipinski definition) is 6. The van der Waals surface area contributed by atoms with Gasteiger partial charge in [0.2, 0.25) is 0 Å². The summed E-state index contributed by atoms with van der Waals surface area (Å²) >= 11 is 0. The second-order valence-electron chi connectivity index (χ2n) is 18.4. The third kappa shape index (κ3) is 10.4. The summed E-state index contributed by atoms with van der Waals surface area (Å²) in [7, 11) is -4.45. The molecule has 0 aromatic rings. The smallest absolute Gasteiger partial charge is 0.393 e. The molecule has 0 amide bonds. The van der Waals surface area contributed by atoms with Gasteiger partial charge in [-0.15, -0.1) is 0 Å². The standard InChI is InChI=1S/C40H76N2O5S/c1-28(2)14-11-9-8-10-12-23-41-24-13-25-42-32-19-21-39(6)31(26-32)27-36(43)38-34-17-16-33(40(34,7)22-20-35(38)39)30(5)15-18-37(29(3)4)47-48(44,45)46/h28-38,41-43H,8-27H2,1-7H3,(H,44,45,46)/t30-,31+,32+,33-,34?,35?,36-,37-,38?,39+,40-/m1/s1. The second-order valence-corrected chi connectivity index (χ2v) is 19.4.